The minimum Gasteiger partial charge on any atom is -0.465 e. The Morgan fingerprint density at radius 1 is 1.45 bits per heavy atom. The SMILES string of the molecule is CCC#CC[C@@H](C)[C@@H](O)C=C[C@H]1CC(F)(F)C(=O)N1CCCc1ccc(C(=O)OC)s1. The molecule has 1 saturated heterocycles. The third-order valence-electron chi connectivity index (χ3n) is 5.15. The molecule has 0 bridgehead atoms. The maximum atomic E-state index is 14.1. The minimum absolute atomic E-state index is 0.135. The number of carbonyl (C=O) groups excluding carboxylic acids is 2. The number of aryl methyl sites for hydroxylation is 1. The van der Waals surface area contributed by atoms with Crippen LogP contribution in [0.25, 0.3) is 0 Å². The summed E-state index contributed by atoms with van der Waals surface area (Å²) in [4.78, 5) is 26.3. The van der Waals surface area contributed by atoms with Crippen LogP contribution in [0.15, 0.2) is 24.3 Å². The van der Waals surface area contributed by atoms with E-state index < -0.39 is 36.4 Å². The van der Waals surface area contributed by atoms with E-state index >= 15 is 0 Å². The first-order valence-electron chi connectivity index (χ1n) is 10.4. The summed E-state index contributed by atoms with van der Waals surface area (Å²) in [6, 6.07) is 2.70. The maximum absolute atomic E-state index is 14.1. The van der Waals surface area contributed by atoms with Gasteiger partial charge in [-0.2, -0.15) is 8.78 Å². The molecule has 31 heavy (non-hydrogen) atoms. The van der Waals surface area contributed by atoms with Crippen molar-refractivity contribution in [1.82, 2.24) is 4.90 Å². The van der Waals surface area contributed by atoms with Gasteiger partial charge in [0.15, 0.2) is 0 Å². The van der Waals surface area contributed by atoms with Gasteiger partial charge in [-0.1, -0.05) is 26.0 Å². The molecular weight excluding hydrogens is 424 g/mol. The summed E-state index contributed by atoms with van der Waals surface area (Å²) in [5, 5.41) is 10.3. The fourth-order valence-electron chi connectivity index (χ4n) is 3.32. The van der Waals surface area contributed by atoms with E-state index in [9.17, 15) is 23.5 Å². The van der Waals surface area contributed by atoms with Crippen molar-refractivity contribution in [3.63, 3.8) is 0 Å². The number of rotatable bonds is 9. The molecule has 3 atom stereocenters. The lowest BCUT2D eigenvalue weighted by atomic mass is 9.99. The summed E-state index contributed by atoms with van der Waals surface area (Å²) in [5.41, 5.74) is 0. The summed E-state index contributed by atoms with van der Waals surface area (Å²) in [5.74, 6) is 0.781. The topological polar surface area (TPSA) is 66.8 Å². The number of alkyl halides is 2. The highest BCUT2D eigenvalue weighted by molar-refractivity contribution is 7.13. The highest BCUT2D eigenvalue weighted by Crippen LogP contribution is 2.34. The highest BCUT2D eigenvalue weighted by Gasteiger charge is 2.52. The third-order valence-corrected chi connectivity index (χ3v) is 6.27. The third kappa shape index (κ3) is 6.88. The number of aliphatic hydroxyl groups excluding tert-OH is 1. The van der Waals surface area contributed by atoms with Gasteiger partial charge in [0.1, 0.15) is 4.88 Å². The molecule has 2 rings (SSSR count). The second-order valence-corrected chi connectivity index (χ2v) is 8.77. The van der Waals surface area contributed by atoms with E-state index in [0.717, 1.165) is 11.3 Å². The quantitative estimate of drug-likeness (QED) is 0.348. The van der Waals surface area contributed by atoms with Gasteiger partial charge in [-0.3, -0.25) is 4.79 Å². The van der Waals surface area contributed by atoms with Crippen LogP contribution in [0.4, 0.5) is 8.78 Å². The Kier molecular flexibility index (Phi) is 9.20. The number of hydrogen-bond donors (Lipinski definition) is 1. The first kappa shape index (κ1) is 25.0. The Balaban J connectivity index is 1.96. The van der Waals surface area contributed by atoms with Crippen molar-refractivity contribution in [2.45, 2.75) is 64.0 Å². The van der Waals surface area contributed by atoms with E-state index in [1.807, 2.05) is 13.8 Å². The zero-order valence-electron chi connectivity index (χ0n) is 18.1. The van der Waals surface area contributed by atoms with Gasteiger partial charge in [0.2, 0.25) is 0 Å². The number of nitrogens with zero attached hydrogens (tertiary/aromatic N) is 1. The molecule has 8 heteroatoms. The molecule has 5 nitrogen and oxygen atoms in total. The predicted molar refractivity (Wildman–Crippen MR) is 116 cm³/mol. The standard InChI is InChI=1S/C23H29F2NO4S/c1-4-5-6-8-16(2)19(27)12-10-17-15-23(24,25)22(29)26(17)14-7-9-18-11-13-20(31-18)21(28)30-3/h10-13,16-17,19,27H,4,7-9,14-15H2,1-3H3/t16-,17+,19+/m1/s1. The molecule has 0 saturated carbocycles. The maximum Gasteiger partial charge on any atom is 0.348 e. The number of hydrogen-bond acceptors (Lipinski definition) is 5. The summed E-state index contributed by atoms with van der Waals surface area (Å²) in [6.07, 6.45) is 3.88. The normalized spacial score (nSPS) is 19.9. The molecular formula is C23H29F2NO4S. The first-order chi connectivity index (χ1) is 14.7. The number of esters is 1. The molecule has 0 aromatic carbocycles. The molecule has 1 aromatic heterocycles. The van der Waals surface area contributed by atoms with Gasteiger partial charge in [0.05, 0.1) is 19.3 Å². The fourth-order valence-corrected chi connectivity index (χ4v) is 4.28. The number of halogens is 2. The summed E-state index contributed by atoms with van der Waals surface area (Å²) >= 11 is 1.29. The van der Waals surface area contributed by atoms with Crippen molar-refractivity contribution in [2.75, 3.05) is 13.7 Å². The van der Waals surface area contributed by atoms with Crippen molar-refractivity contribution in [3.05, 3.63) is 34.0 Å². The molecule has 1 N–H and O–H groups in total. The molecule has 1 fully saturated rings. The van der Waals surface area contributed by atoms with Crippen molar-refractivity contribution < 1.29 is 28.2 Å². The Morgan fingerprint density at radius 3 is 2.87 bits per heavy atom. The van der Waals surface area contributed by atoms with Crippen LogP contribution in [-0.4, -0.2) is 53.6 Å². The van der Waals surface area contributed by atoms with Gasteiger partial charge >= 0.3 is 11.9 Å². The van der Waals surface area contributed by atoms with Gasteiger partial charge in [-0.05, 0) is 30.9 Å². The van der Waals surface area contributed by atoms with Gasteiger partial charge in [-0.25, -0.2) is 4.79 Å². The minimum atomic E-state index is -3.40. The average Bonchev–Trinajstić information content (AvgIpc) is 3.29. The lowest BCUT2D eigenvalue weighted by Crippen LogP contribution is -2.36. The lowest BCUT2D eigenvalue weighted by Gasteiger charge is -2.22. The van der Waals surface area contributed by atoms with Gasteiger partial charge in [-0.15, -0.1) is 23.2 Å². The number of likely N-dealkylation sites (tertiary alicyclic amines) is 1. The van der Waals surface area contributed by atoms with Crippen molar-refractivity contribution >= 4 is 23.2 Å². The van der Waals surface area contributed by atoms with E-state index in [2.05, 4.69) is 16.6 Å². The number of methoxy groups -OCH3 is 1. The van der Waals surface area contributed by atoms with Gasteiger partial charge in [0.25, 0.3) is 5.91 Å². The van der Waals surface area contributed by atoms with Crippen molar-refractivity contribution in [3.8, 4) is 11.8 Å². The highest BCUT2D eigenvalue weighted by atomic mass is 32.1. The number of carbonyl (C=O) groups is 2. The molecule has 1 amide bonds. The van der Waals surface area contributed by atoms with E-state index in [-0.39, 0.29) is 12.5 Å². The Hall–Kier alpha value is -2.24. The molecule has 0 unspecified atom stereocenters. The molecule has 2 heterocycles. The van der Waals surface area contributed by atoms with Crippen LogP contribution in [0.3, 0.4) is 0 Å². The Labute approximate surface area is 186 Å². The molecule has 0 aliphatic carbocycles. The average molecular weight is 454 g/mol. The Morgan fingerprint density at radius 2 is 2.19 bits per heavy atom. The number of aliphatic hydroxyl groups is 1. The van der Waals surface area contributed by atoms with Crippen LogP contribution < -0.4 is 0 Å². The molecule has 1 aliphatic heterocycles. The van der Waals surface area contributed by atoms with Gasteiger partial charge in [0, 0.05) is 30.7 Å². The van der Waals surface area contributed by atoms with Crippen LogP contribution in [0.1, 0.15) is 54.1 Å². The number of thiophene rings is 1. The zero-order valence-corrected chi connectivity index (χ0v) is 18.9. The van der Waals surface area contributed by atoms with Crippen LogP contribution >= 0.6 is 11.3 Å². The number of amides is 1. The molecule has 1 aromatic rings. The van der Waals surface area contributed by atoms with Crippen molar-refractivity contribution in [1.29, 1.82) is 0 Å². The van der Waals surface area contributed by atoms with Gasteiger partial charge < -0.3 is 14.7 Å². The lowest BCUT2D eigenvalue weighted by molar-refractivity contribution is -0.148. The second-order valence-electron chi connectivity index (χ2n) is 7.60. The van der Waals surface area contributed by atoms with E-state index in [1.54, 1.807) is 12.1 Å². The summed E-state index contributed by atoms with van der Waals surface area (Å²) < 4.78 is 32.8. The van der Waals surface area contributed by atoms with Crippen LogP contribution in [-0.2, 0) is 16.0 Å². The molecule has 170 valence electrons. The van der Waals surface area contributed by atoms with Crippen molar-refractivity contribution in [2.24, 2.45) is 5.92 Å². The largest absolute Gasteiger partial charge is 0.465 e. The van der Waals surface area contributed by atoms with E-state index in [1.165, 1.54) is 35.5 Å². The number of ether oxygens (including phenoxy) is 1. The van der Waals surface area contributed by atoms with Crippen LogP contribution in [0, 0.1) is 17.8 Å². The van der Waals surface area contributed by atoms with Crippen LogP contribution in [0.5, 0.6) is 0 Å². The zero-order chi connectivity index (χ0) is 23.0. The first-order valence-corrected chi connectivity index (χ1v) is 11.2. The second kappa shape index (κ2) is 11.4. The Bertz CT molecular complexity index is 855. The molecule has 1 aliphatic rings. The monoisotopic (exact) mass is 453 g/mol. The summed E-state index contributed by atoms with van der Waals surface area (Å²) in [6.45, 7) is 3.95. The fraction of sp³-hybridized carbons (Fsp3) is 0.565. The van der Waals surface area contributed by atoms with E-state index in [4.69, 9.17) is 0 Å². The predicted octanol–water partition coefficient (Wildman–Crippen LogP) is 4.06. The summed E-state index contributed by atoms with van der Waals surface area (Å²) in [7, 11) is 1.31. The van der Waals surface area contributed by atoms with E-state index in [0.29, 0.717) is 24.1 Å². The molecule has 0 spiro atoms. The smallest absolute Gasteiger partial charge is 0.348 e. The van der Waals surface area contributed by atoms with Crippen LogP contribution in [0.2, 0.25) is 0 Å². The molecule has 0 radical (unpaired) electrons.